The Bertz CT molecular complexity index is 1140. The van der Waals surface area contributed by atoms with Gasteiger partial charge in [0.25, 0.3) is 5.56 Å². The number of nitrogens with one attached hydrogen (secondary N) is 1. The van der Waals surface area contributed by atoms with Gasteiger partial charge in [-0.2, -0.15) is 0 Å². The van der Waals surface area contributed by atoms with E-state index >= 15 is 0 Å². The summed E-state index contributed by atoms with van der Waals surface area (Å²) in [6, 6.07) is 13.4. The number of H-pyrrole nitrogens is 1. The van der Waals surface area contributed by atoms with E-state index in [-0.39, 0.29) is 5.56 Å². The Kier molecular flexibility index (Phi) is 5.30. The van der Waals surface area contributed by atoms with Crippen molar-refractivity contribution < 1.29 is 9.84 Å². The third-order valence-electron chi connectivity index (χ3n) is 4.23. The number of aromatic amines is 1. The van der Waals surface area contributed by atoms with Crippen LogP contribution in [0.25, 0.3) is 5.69 Å². The van der Waals surface area contributed by atoms with Gasteiger partial charge in [0.2, 0.25) is 5.88 Å². The first-order valence-corrected chi connectivity index (χ1v) is 8.61. The maximum atomic E-state index is 12.5. The highest BCUT2D eigenvalue weighted by Crippen LogP contribution is 2.25. The molecule has 0 saturated heterocycles. The van der Waals surface area contributed by atoms with Crippen LogP contribution < -0.4 is 21.7 Å². The Labute approximate surface area is 160 Å². The number of hydrogen-bond acceptors (Lipinski definition) is 6. The molecule has 8 heteroatoms. The van der Waals surface area contributed by atoms with Crippen LogP contribution >= 0.6 is 0 Å². The van der Waals surface area contributed by atoms with Gasteiger partial charge in [-0.15, -0.1) is 0 Å². The summed E-state index contributed by atoms with van der Waals surface area (Å²) in [5.74, 6) is 0.102. The number of anilines is 1. The zero-order chi connectivity index (χ0) is 20.3. The monoisotopic (exact) mass is 380 g/mol. The Hall–Kier alpha value is -3.81. The number of aromatic nitrogens is 2. The van der Waals surface area contributed by atoms with Gasteiger partial charge in [-0.3, -0.25) is 14.8 Å². The molecule has 3 rings (SSSR count). The topological polar surface area (TPSA) is 123 Å². The van der Waals surface area contributed by atoms with E-state index in [2.05, 4.69) is 9.98 Å². The van der Waals surface area contributed by atoms with E-state index in [1.807, 2.05) is 0 Å². The second-order valence-corrected chi connectivity index (χ2v) is 5.96. The minimum Gasteiger partial charge on any atom is -0.497 e. The van der Waals surface area contributed by atoms with Crippen LogP contribution in [0.3, 0.4) is 0 Å². The number of rotatable bonds is 5. The molecular weight excluding hydrogens is 360 g/mol. The molecule has 0 radical (unpaired) electrons. The molecule has 144 valence electrons. The second kappa shape index (κ2) is 7.83. The summed E-state index contributed by atoms with van der Waals surface area (Å²) < 4.78 is 6.11. The molecular formula is C20H20N4O4. The first kappa shape index (κ1) is 19.0. The Morgan fingerprint density at radius 3 is 2.46 bits per heavy atom. The number of nitrogen functional groups attached to an aromatic ring is 1. The van der Waals surface area contributed by atoms with Crippen LogP contribution in [-0.2, 0) is 0 Å². The summed E-state index contributed by atoms with van der Waals surface area (Å²) in [5.41, 5.74) is 5.95. The lowest BCUT2D eigenvalue weighted by Crippen LogP contribution is -2.33. The lowest BCUT2D eigenvalue weighted by molar-refractivity contribution is 0.414. The summed E-state index contributed by atoms with van der Waals surface area (Å²) in [6.07, 6.45) is 0.339. The van der Waals surface area contributed by atoms with Crippen molar-refractivity contribution in [3.8, 4) is 17.3 Å². The van der Waals surface area contributed by atoms with Crippen LogP contribution in [0.4, 0.5) is 11.4 Å². The molecule has 1 heterocycles. The van der Waals surface area contributed by atoms with Crippen molar-refractivity contribution in [1.29, 1.82) is 0 Å². The molecule has 0 fully saturated rings. The zero-order valence-corrected chi connectivity index (χ0v) is 15.5. The van der Waals surface area contributed by atoms with E-state index in [4.69, 9.17) is 10.5 Å². The average Bonchev–Trinajstić information content (AvgIpc) is 2.68. The summed E-state index contributed by atoms with van der Waals surface area (Å²) in [4.78, 5) is 31.5. The number of aromatic hydroxyl groups is 1. The van der Waals surface area contributed by atoms with Gasteiger partial charge < -0.3 is 15.6 Å². The first-order valence-electron chi connectivity index (χ1n) is 8.61. The number of benzene rings is 2. The Morgan fingerprint density at radius 1 is 1.18 bits per heavy atom. The van der Waals surface area contributed by atoms with Crippen molar-refractivity contribution in [1.82, 2.24) is 9.55 Å². The average molecular weight is 380 g/mol. The maximum absolute atomic E-state index is 12.5. The van der Waals surface area contributed by atoms with Crippen LogP contribution in [-0.4, -0.2) is 27.5 Å². The molecule has 0 saturated carbocycles. The predicted octanol–water partition coefficient (Wildman–Crippen LogP) is 2.35. The smallest absolute Gasteiger partial charge is 0.335 e. The van der Waals surface area contributed by atoms with E-state index in [9.17, 15) is 14.7 Å². The molecule has 3 aromatic rings. The second-order valence-electron chi connectivity index (χ2n) is 5.96. The fraction of sp³-hybridized carbons (Fsp3) is 0.150. The zero-order valence-electron chi connectivity index (χ0n) is 15.5. The summed E-state index contributed by atoms with van der Waals surface area (Å²) in [7, 11) is 1.52. The summed E-state index contributed by atoms with van der Waals surface area (Å²) in [5, 5.41) is 10.8. The molecule has 2 aromatic carbocycles. The van der Waals surface area contributed by atoms with Crippen LogP contribution in [0.2, 0.25) is 0 Å². The van der Waals surface area contributed by atoms with Gasteiger partial charge in [0.1, 0.15) is 11.3 Å². The minimum absolute atomic E-state index is 0.0822. The Balaban J connectivity index is 2.22. The molecule has 0 amide bonds. The van der Waals surface area contributed by atoms with Crippen molar-refractivity contribution in [2.45, 2.75) is 13.3 Å². The number of ether oxygens (including phenoxy) is 1. The standard InChI is InChI=1S/C20H20N4O4/c1-3-15(22-16-7-5-4-6-14(16)21)17-18(25)23-20(27)24(19(17)26)12-8-10-13(28-2)11-9-12/h4-11,26H,3,21H2,1-2H3,(H,23,25,27). The lowest BCUT2D eigenvalue weighted by atomic mass is 10.1. The molecule has 0 aliphatic rings. The van der Waals surface area contributed by atoms with Crippen molar-refractivity contribution in [2.24, 2.45) is 4.99 Å². The summed E-state index contributed by atoms with van der Waals surface area (Å²) in [6.45, 7) is 1.79. The normalized spacial score (nSPS) is 11.4. The number of nitrogens with zero attached hydrogens (tertiary/aromatic N) is 2. The quantitative estimate of drug-likeness (QED) is 0.463. The molecule has 8 nitrogen and oxygen atoms in total. The molecule has 0 bridgehead atoms. The van der Waals surface area contributed by atoms with E-state index in [0.29, 0.717) is 34.9 Å². The maximum Gasteiger partial charge on any atom is 0.335 e. The highest BCUT2D eigenvalue weighted by molar-refractivity contribution is 6.03. The van der Waals surface area contributed by atoms with Gasteiger partial charge in [0.15, 0.2) is 0 Å². The molecule has 4 N–H and O–H groups in total. The van der Waals surface area contributed by atoms with E-state index in [1.54, 1.807) is 55.5 Å². The number of aliphatic imine (C=N–C) groups is 1. The van der Waals surface area contributed by atoms with Crippen LogP contribution in [0.15, 0.2) is 63.1 Å². The minimum atomic E-state index is -0.758. The van der Waals surface area contributed by atoms with Crippen molar-refractivity contribution in [3.63, 3.8) is 0 Å². The molecule has 0 unspecified atom stereocenters. The van der Waals surface area contributed by atoms with E-state index in [0.717, 1.165) is 4.57 Å². The van der Waals surface area contributed by atoms with Gasteiger partial charge in [0.05, 0.1) is 29.9 Å². The highest BCUT2D eigenvalue weighted by Gasteiger charge is 2.19. The van der Waals surface area contributed by atoms with Gasteiger partial charge in [-0.1, -0.05) is 19.1 Å². The van der Waals surface area contributed by atoms with Crippen LogP contribution in [0.1, 0.15) is 18.9 Å². The first-order chi connectivity index (χ1) is 13.5. The van der Waals surface area contributed by atoms with E-state index < -0.39 is 17.1 Å². The molecule has 0 aliphatic heterocycles. The molecule has 0 spiro atoms. The fourth-order valence-electron chi connectivity index (χ4n) is 2.80. The third kappa shape index (κ3) is 3.52. The van der Waals surface area contributed by atoms with Crippen molar-refractivity contribution >= 4 is 17.1 Å². The molecule has 0 aliphatic carbocycles. The molecule has 28 heavy (non-hydrogen) atoms. The van der Waals surface area contributed by atoms with Gasteiger partial charge in [-0.05, 0) is 42.8 Å². The number of hydrogen-bond donors (Lipinski definition) is 3. The summed E-state index contributed by atoms with van der Waals surface area (Å²) >= 11 is 0. The van der Waals surface area contributed by atoms with Gasteiger partial charge in [0, 0.05) is 0 Å². The highest BCUT2D eigenvalue weighted by atomic mass is 16.5. The lowest BCUT2D eigenvalue weighted by Gasteiger charge is -2.13. The third-order valence-corrected chi connectivity index (χ3v) is 4.23. The SMILES string of the molecule is CCC(=Nc1ccccc1N)c1c(O)n(-c2ccc(OC)cc2)c(=O)[nH]c1=O. The van der Waals surface area contributed by atoms with Crippen LogP contribution in [0.5, 0.6) is 11.6 Å². The van der Waals surface area contributed by atoms with Gasteiger partial charge in [-0.25, -0.2) is 9.36 Å². The Morgan fingerprint density at radius 2 is 1.86 bits per heavy atom. The van der Waals surface area contributed by atoms with Gasteiger partial charge >= 0.3 is 5.69 Å². The van der Waals surface area contributed by atoms with Crippen LogP contribution in [0, 0.1) is 0 Å². The fourth-order valence-corrected chi connectivity index (χ4v) is 2.80. The van der Waals surface area contributed by atoms with Crippen molar-refractivity contribution in [3.05, 3.63) is 74.9 Å². The molecule has 0 atom stereocenters. The van der Waals surface area contributed by atoms with Crippen molar-refractivity contribution in [2.75, 3.05) is 12.8 Å². The number of methoxy groups -OCH3 is 1. The molecule has 1 aromatic heterocycles. The largest absolute Gasteiger partial charge is 0.497 e. The number of para-hydroxylation sites is 2. The van der Waals surface area contributed by atoms with E-state index in [1.165, 1.54) is 7.11 Å². The predicted molar refractivity (Wildman–Crippen MR) is 108 cm³/mol. The number of nitrogens with two attached hydrogens (primary N) is 1.